The van der Waals surface area contributed by atoms with Gasteiger partial charge in [-0.25, -0.2) is 8.78 Å². The van der Waals surface area contributed by atoms with Gasteiger partial charge in [0.15, 0.2) is 0 Å². The summed E-state index contributed by atoms with van der Waals surface area (Å²) in [5, 5.41) is 3.30. The second-order valence-electron chi connectivity index (χ2n) is 4.84. The molecule has 2 atom stereocenters. The highest BCUT2D eigenvalue weighted by Gasteiger charge is 2.25. The summed E-state index contributed by atoms with van der Waals surface area (Å²) in [6.07, 6.45) is 0. The Balaban J connectivity index is 2.20. The fraction of sp³-hybridized carbons (Fsp3) is 0.462. The minimum absolute atomic E-state index is 0.0637. The van der Waals surface area contributed by atoms with Gasteiger partial charge in [0, 0.05) is 36.8 Å². The Bertz CT molecular complexity index is 434. The van der Waals surface area contributed by atoms with Gasteiger partial charge in [-0.15, -0.1) is 0 Å². The number of rotatable bonds is 1. The van der Waals surface area contributed by atoms with Crippen LogP contribution in [0.5, 0.6) is 0 Å². The van der Waals surface area contributed by atoms with Crippen LogP contribution in [-0.2, 0) is 0 Å². The molecule has 1 aliphatic heterocycles. The molecule has 0 aliphatic carbocycles. The molecule has 5 heteroatoms. The number of nitrogens with zero attached hydrogens (tertiary/aromatic N) is 1. The minimum Gasteiger partial charge on any atom is -0.336 e. The normalized spacial score (nSPS) is 24.1. The molecule has 18 heavy (non-hydrogen) atoms. The van der Waals surface area contributed by atoms with Crippen LogP contribution in [0, 0.1) is 11.6 Å². The number of hydrogen-bond donors (Lipinski definition) is 1. The van der Waals surface area contributed by atoms with Crippen molar-refractivity contribution in [1.29, 1.82) is 0 Å². The van der Waals surface area contributed by atoms with E-state index >= 15 is 0 Å². The molecular formula is C13H16F2N2O. The summed E-state index contributed by atoms with van der Waals surface area (Å²) in [5.74, 6) is -1.78. The molecule has 0 aromatic heterocycles. The highest BCUT2D eigenvalue weighted by atomic mass is 19.1. The average Bonchev–Trinajstić information content (AvgIpc) is 2.25. The summed E-state index contributed by atoms with van der Waals surface area (Å²) >= 11 is 0. The van der Waals surface area contributed by atoms with Gasteiger partial charge in [-0.2, -0.15) is 0 Å². The zero-order chi connectivity index (χ0) is 13.3. The first kappa shape index (κ1) is 13.0. The first-order chi connectivity index (χ1) is 8.45. The maximum absolute atomic E-state index is 13.1. The van der Waals surface area contributed by atoms with E-state index in [1.54, 1.807) is 4.90 Å². The minimum atomic E-state index is -0.727. The number of carbonyl (C=O) groups excluding carboxylic acids is 1. The van der Waals surface area contributed by atoms with E-state index < -0.39 is 11.6 Å². The van der Waals surface area contributed by atoms with Crippen molar-refractivity contribution in [1.82, 2.24) is 10.2 Å². The van der Waals surface area contributed by atoms with E-state index in [0.717, 1.165) is 18.2 Å². The van der Waals surface area contributed by atoms with Crippen molar-refractivity contribution < 1.29 is 13.6 Å². The van der Waals surface area contributed by atoms with Gasteiger partial charge in [0.25, 0.3) is 5.91 Å². The molecule has 2 unspecified atom stereocenters. The second kappa shape index (κ2) is 5.02. The summed E-state index contributed by atoms with van der Waals surface area (Å²) in [5.41, 5.74) is 0.0637. The smallest absolute Gasteiger partial charge is 0.254 e. The van der Waals surface area contributed by atoms with E-state index in [1.807, 2.05) is 13.8 Å². The molecule has 98 valence electrons. The van der Waals surface area contributed by atoms with Crippen molar-refractivity contribution in [2.75, 3.05) is 13.1 Å². The molecule has 1 heterocycles. The van der Waals surface area contributed by atoms with Crippen LogP contribution in [0.4, 0.5) is 8.78 Å². The first-order valence-corrected chi connectivity index (χ1v) is 5.97. The topological polar surface area (TPSA) is 32.3 Å². The van der Waals surface area contributed by atoms with Gasteiger partial charge in [0.05, 0.1) is 0 Å². The molecule has 0 saturated carbocycles. The number of nitrogens with one attached hydrogen (secondary N) is 1. The maximum Gasteiger partial charge on any atom is 0.254 e. The molecule has 0 bridgehead atoms. The van der Waals surface area contributed by atoms with Crippen LogP contribution in [0.25, 0.3) is 0 Å². The quantitative estimate of drug-likeness (QED) is 0.828. The van der Waals surface area contributed by atoms with Crippen molar-refractivity contribution in [3.8, 4) is 0 Å². The van der Waals surface area contributed by atoms with Crippen molar-refractivity contribution >= 4 is 5.91 Å². The fourth-order valence-electron chi connectivity index (χ4n) is 2.35. The third-order valence-electron chi connectivity index (χ3n) is 2.95. The lowest BCUT2D eigenvalue weighted by Gasteiger charge is -2.36. The van der Waals surface area contributed by atoms with Crippen LogP contribution >= 0.6 is 0 Å². The van der Waals surface area contributed by atoms with Gasteiger partial charge in [-0.3, -0.25) is 4.79 Å². The van der Waals surface area contributed by atoms with Crippen LogP contribution in [0.3, 0.4) is 0 Å². The molecule has 1 aromatic rings. The number of benzene rings is 1. The monoisotopic (exact) mass is 254 g/mol. The van der Waals surface area contributed by atoms with Crippen LogP contribution in [0.15, 0.2) is 18.2 Å². The molecule has 1 saturated heterocycles. The SMILES string of the molecule is CC1CN(C(=O)c2cc(F)cc(F)c2)CC(C)N1. The van der Waals surface area contributed by atoms with E-state index in [2.05, 4.69) is 5.32 Å². The zero-order valence-corrected chi connectivity index (χ0v) is 10.4. The van der Waals surface area contributed by atoms with E-state index in [0.29, 0.717) is 13.1 Å². The molecule has 1 fully saturated rings. The molecule has 0 radical (unpaired) electrons. The van der Waals surface area contributed by atoms with Crippen LogP contribution in [0.2, 0.25) is 0 Å². The second-order valence-corrected chi connectivity index (χ2v) is 4.84. The lowest BCUT2D eigenvalue weighted by Crippen LogP contribution is -2.55. The van der Waals surface area contributed by atoms with Crippen molar-refractivity contribution in [2.24, 2.45) is 0 Å². The standard InChI is InChI=1S/C13H16F2N2O/c1-8-6-17(7-9(2)16-8)13(18)10-3-11(14)5-12(15)4-10/h3-5,8-9,16H,6-7H2,1-2H3. The lowest BCUT2D eigenvalue weighted by molar-refractivity contribution is 0.0673. The maximum atomic E-state index is 13.1. The van der Waals surface area contributed by atoms with Crippen LogP contribution in [0.1, 0.15) is 24.2 Å². The highest BCUT2D eigenvalue weighted by Crippen LogP contribution is 2.13. The van der Waals surface area contributed by atoms with E-state index in [4.69, 9.17) is 0 Å². The highest BCUT2D eigenvalue weighted by molar-refractivity contribution is 5.94. The summed E-state index contributed by atoms with van der Waals surface area (Å²) < 4.78 is 26.2. The average molecular weight is 254 g/mol. The zero-order valence-electron chi connectivity index (χ0n) is 10.4. The third kappa shape index (κ3) is 2.85. The van der Waals surface area contributed by atoms with E-state index in [9.17, 15) is 13.6 Å². The predicted octanol–water partition coefficient (Wildman–Crippen LogP) is 1.79. The summed E-state index contributed by atoms with van der Waals surface area (Å²) in [4.78, 5) is 13.8. The third-order valence-corrected chi connectivity index (χ3v) is 2.95. The van der Waals surface area contributed by atoms with Gasteiger partial charge in [0.2, 0.25) is 0 Å². The molecule has 1 aliphatic rings. The van der Waals surface area contributed by atoms with E-state index in [-0.39, 0.29) is 23.6 Å². The van der Waals surface area contributed by atoms with Gasteiger partial charge >= 0.3 is 0 Å². The molecule has 2 rings (SSSR count). The van der Waals surface area contributed by atoms with E-state index in [1.165, 1.54) is 0 Å². The Morgan fingerprint density at radius 1 is 1.17 bits per heavy atom. The number of amides is 1. The van der Waals surface area contributed by atoms with Crippen molar-refractivity contribution in [3.63, 3.8) is 0 Å². The first-order valence-electron chi connectivity index (χ1n) is 5.97. The summed E-state index contributed by atoms with van der Waals surface area (Å²) in [7, 11) is 0. The Kier molecular flexibility index (Phi) is 3.61. The van der Waals surface area contributed by atoms with Crippen molar-refractivity contribution in [3.05, 3.63) is 35.4 Å². The Morgan fingerprint density at radius 3 is 2.17 bits per heavy atom. The molecule has 0 spiro atoms. The largest absolute Gasteiger partial charge is 0.336 e. The number of carbonyl (C=O) groups is 1. The fourth-order valence-corrected chi connectivity index (χ4v) is 2.35. The molecule has 1 amide bonds. The van der Waals surface area contributed by atoms with Gasteiger partial charge < -0.3 is 10.2 Å². The summed E-state index contributed by atoms with van der Waals surface area (Å²) in [6, 6.07) is 3.26. The Morgan fingerprint density at radius 2 is 1.67 bits per heavy atom. The number of halogens is 2. The van der Waals surface area contributed by atoms with Gasteiger partial charge in [-0.1, -0.05) is 0 Å². The van der Waals surface area contributed by atoms with Crippen molar-refractivity contribution in [2.45, 2.75) is 25.9 Å². The Labute approximate surface area is 105 Å². The van der Waals surface area contributed by atoms with Gasteiger partial charge in [-0.05, 0) is 26.0 Å². The van der Waals surface area contributed by atoms with Gasteiger partial charge in [0.1, 0.15) is 11.6 Å². The number of piperazine rings is 1. The van der Waals surface area contributed by atoms with Crippen LogP contribution < -0.4 is 5.32 Å². The lowest BCUT2D eigenvalue weighted by atomic mass is 10.1. The predicted molar refractivity (Wildman–Crippen MR) is 64.3 cm³/mol. The molecule has 1 aromatic carbocycles. The molecule has 1 N–H and O–H groups in total. The van der Waals surface area contributed by atoms with Crippen LogP contribution in [-0.4, -0.2) is 36.0 Å². The summed E-state index contributed by atoms with van der Waals surface area (Å²) in [6.45, 7) is 5.03. The Hall–Kier alpha value is -1.49. The molecular weight excluding hydrogens is 238 g/mol. The number of hydrogen-bond acceptors (Lipinski definition) is 2. The molecule has 3 nitrogen and oxygen atoms in total.